The molecule has 1 aliphatic heterocycles. The van der Waals surface area contributed by atoms with Gasteiger partial charge in [0, 0.05) is 18.7 Å². The molecule has 3 nitrogen and oxygen atoms in total. The van der Waals surface area contributed by atoms with Gasteiger partial charge in [-0.15, -0.1) is 0 Å². The number of hydrogen-bond donors (Lipinski definition) is 1. The second kappa shape index (κ2) is 4.75. The minimum absolute atomic E-state index is 0.158. The number of carbonyl (C=O) groups excluding carboxylic acids is 1. The fraction of sp³-hybridized carbons (Fsp3) is 0.455. The fourth-order valence-electron chi connectivity index (χ4n) is 1.86. The summed E-state index contributed by atoms with van der Waals surface area (Å²) in [6.45, 7) is 2.67. The van der Waals surface area contributed by atoms with Crippen molar-refractivity contribution in [3.8, 4) is 0 Å². The highest BCUT2D eigenvalue weighted by Gasteiger charge is 2.30. The largest absolute Gasteiger partial charge is 0.310 e. The molecule has 1 unspecified atom stereocenters. The van der Waals surface area contributed by atoms with E-state index in [2.05, 4.69) is 33.5 Å². The lowest BCUT2D eigenvalue weighted by molar-refractivity contribution is -0.117. The minimum atomic E-state index is 0.158. The highest BCUT2D eigenvalue weighted by molar-refractivity contribution is 9.10. The number of rotatable bonds is 2. The quantitative estimate of drug-likeness (QED) is 0.672. The SMILES string of the molecule is Cc1ccc(N2CC(CS)CC2=O)c(Br)n1. The monoisotopic (exact) mass is 300 g/mol. The molecule has 1 aromatic rings. The number of anilines is 1. The third-order valence-corrected chi connectivity index (χ3v) is 3.82. The van der Waals surface area contributed by atoms with Crippen molar-refractivity contribution in [2.24, 2.45) is 5.92 Å². The standard InChI is InChI=1S/C11H13BrN2OS/c1-7-2-3-9(11(12)13-7)14-5-8(6-16)4-10(14)15/h2-3,8,16H,4-6H2,1H3. The molecule has 2 rings (SSSR count). The molecular formula is C11H13BrN2OS. The number of pyridine rings is 1. The summed E-state index contributed by atoms with van der Waals surface area (Å²) < 4.78 is 0.737. The van der Waals surface area contributed by atoms with Gasteiger partial charge in [-0.2, -0.15) is 12.6 Å². The van der Waals surface area contributed by atoms with E-state index >= 15 is 0 Å². The molecule has 0 radical (unpaired) electrons. The molecule has 2 heterocycles. The van der Waals surface area contributed by atoms with Crippen LogP contribution >= 0.6 is 28.6 Å². The molecular weight excluding hydrogens is 288 g/mol. The van der Waals surface area contributed by atoms with Crippen LogP contribution in [0.4, 0.5) is 5.69 Å². The Balaban J connectivity index is 2.28. The number of thiol groups is 1. The highest BCUT2D eigenvalue weighted by atomic mass is 79.9. The molecule has 0 bridgehead atoms. The number of hydrogen-bond acceptors (Lipinski definition) is 3. The van der Waals surface area contributed by atoms with Gasteiger partial charge in [-0.3, -0.25) is 4.79 Å². The second-order valence-electron chi connectivity index (χ2n) is 4.02. The van der Waals surface area contributed by atoms with Crippen molar-refractivity contribution in [3.63, 3.8) is 0 Å². The summed E-state index contributed by atoms with van der Waals surface area (Å²) in [6.07, 6.45) is 0.587. The third-order valence-electron chi connectivity index (χ3n) is 2.72. The van der Waals surface area contributed by atoms with Crippen molar-refractivity contribution in [1.82, 2.24) is 4.98 Å². The lowest BCUT2D eigenvalue weighted by Crippen LogP contribution is -2.25. The van der Waals surface area contributed by atoms with Crippen LogP contribution in [0.3, 0.4) is 0 Å². The lowest BCUT2D eigenvalue weighted by Gasteiger charge is -2.17. The molecule has 16 heavy (non-hydrogen) atoms. The molecule has 0 aromatic carbocycles. The zero-order valence-electron chi connectivity index (χ0n) is 8.98. The molecule has 1 aromatic heterocycles. The minimum Gasteiger partial charge on any atom is -0.310 e. The first-order chi connectivity index (χ1) is 7.61. The van der Waals surface area contributed by atoms with Gasteiger partial charge in [0.2, 0.25) is 5.91 Å². The summed E-state index contributed by atoms with van der Waals surface area (Å²) in [5, 5.41) is 0. The van der Waals surface area contributed by atoms with Gasteiger partial charge in [-0.05, 0) is 46.7 Å². The van der Waals surface area contributed by atoms with Gasteiger partial charge in [0.25, 0.3) is 0 Å². The first-order valence-corrected chi connectivity index (χ1v) is 6.58. The lowest BCUT2D eigenvalue weighted by atomic mass is 10.1. The van der Waals surface area contributed by atoms with Crippen molar-refractivity contribution < 1.29 is 4.79 Å². The predicted octanol–water partition coefficient (Wildman–Crippen LogP) is 2.44. The number of amides is 1. The Morgan fingerprint density at radius 3 is 2.94 bits per heavy atom. The van der Waals surface area contributed by atoms with E-state index in [4.69, 9.17) is 0 Å². The molecule has 0 aliphatic carbocycles. The van der Waals surface area contributed by atoms with Gasteiger partial charge in [-0.25, -0.2) is 4.98 Å². The number of carbonyl (C=O) groups is 1. The van der Waals surface area contributed by atoms with Crippen LogP contribution in [0.15, 0.2) is 16.7 Å². The summed E-state index contributed by atoms with van der Waals surface area (Å²) in [6, 6.07) is 3.85. The Morgan fingerprint density at radius 2 is 2.38 bits per heavy atom. The molecule has 0 N–H and O–H groups in total. The van der Waals surface area contributed by atoms with Gasteiger partial charge in [0.15, 0.2) is 0 Å². The average molecular weight is 301 g/mol. The van der Waals surface area contributed by atoms with E-state index < -0.39 is 0 Å². The molecule has 0 spiro atoms. The molecule has 1 atom stereocenters. The second-order valence-corrected chi connectivity index (χ2v) is 5.14. The topological polar surface area (TPSA) is 33.2 Å². The van der Waals surface area contributed by atoms with Crippen LogP contribution in [0.25, 0.3) is 0 Å². The van der Waals surface area contributed by atoms with Crippen LogP contribution in [0.1, 0.15) is 12.1 Å². The van der Waals surface area contributed by atoms with E-state index in [0.29, 0.717) is 12.3 Å². The molecule has 1 fully saturated rings. The van der Waals surface area contributed by atoms with Crippen molar-refractivity contribution in [2.45, 2.75) is 13.3 Å². The van der Waals surface area contributed by atoms with E-state index in [1.807, 2.05) is 19.1 Å². The average Bonchev–Trinajstić information content (AvgIpc) is 2.60. The maximum Gasteiger partial charge on any atom is 0.227 e. The van der Waals surface area contributed by atoms with Crippen molar-refractivity contribution >= 4 is 40.2 Å². The van der Waals surface area contributed by atoms with Gasteiger partial charge in [-0.1, -0.05) is 0 Å². The Bertz CT molecular complexity index is 424. The first kappa shape index (κ1) is 11.9. The molecule has 86 valence electrons. The summed E-state index contributed by atoms with van der Waals surface area (Å²) in [5.41, 5.74) is 1.80. The van der Waals surface area contributed by atoms with E-state index in [1.165, 1.54) is 0 Å². The Kier molecular flexibility index (Phi) is 3.54. The zero-order valence-corrected chi connectivity index (χ0v) is 11.5. The van der Waals surface area contributed by atoms with E-state index in [-0.39, 0.29) is 5.91 Å². The highest BCUT2D eigenvalue weighted by Crippen LogP contribution is 2.30. The maximum absolute atomic E-state index is 11.8. The molecule has 0 saturated carbocycles. The van der Waals surface area contributed by atoms with Crippen LogP contribution in [0, 0.1) is 12.8 Å². The van der Waals surface area contributed by atoms with Crippen molar-refractivity contribution in [1.29, 1.82) is 0 Å². The number of nitrogens with zero attached hydrogens (tertiary/aromatic N) is 2. The number of halogens is 1. The molecule has 1 saturated heterocycles. The number of aromatic nitrogens is 1. The number of aryl methyl sites for hydroxylation is 1. The van der Waals surface area contributed by atoms with E-state index in [9.17, 15) is 4.79 Å². The Hall–Kier alpha value is -0.550. The van der Waals surface area contributed by atoms with Gasteiger partial charge in [0.05, 0.1) is 5.69 Å². The fourth-order valence-corrected chi connectivity index (χ4v) is 2.73. The predicted molar refractivity (Wildman–Crippen MR) is 71.0 cm³/mol. The smallest absolute Gasteiger partial charge is 0.227 e. The Morgan fingerprint density at radius 1 is 1.62 bits per heavy atom. The first-order valence-electron chi connectivity index (χ1n) is 5.16. The molecule has 1 aliphatic rings. The maximum atomic E-state index is 11.8. The third kappa shape index (κ3) is 2.25. The van der Waals surface area contributed by atoms with Crippen molar-refractivity contribution in [2.75, 3.05) is 17.2 Å². The van der Waals surface area contributed by atoms with E-state index in [0.717, 1.165) is 28.3 Å². The van der Waals surface area contributed by atoms with Crippen LogP contribution < -0.4 is 4.90 Å². The summed E-state index contributed by atoms with van der Waals surface area (Å²) >= 11 is 7.65. The summed E-state index contributed by atoms with van der Waals surface area (Å²) in [5.74, 6) is 1.26. The van der Waals surface area contributed by atoms with Crippen LogP contribution in [-0.4, -0.2) is 23.2 Å². The van der Waals surface area contributed by atoms with Crippen LogP contribution in [0.5, 0.6) is 0 Å². The summed E-state index contributed by atoms with van der Waals surface area (Å²) in [4.78, 5) is 17.9. The zero-order chi connectivity index (χ0) is 11.7. The van der Waals surface area contributed by atoms with Gasteiger partial charge in [0.1, 0.15) is 4.60 Å². The summed E-state index contributed by atoms with van der Waals surface area (Å²) in [7, 11) is 0. The normalized spacial score (nSPS) is 20.6. The van der Waals surface area contributed by atoms with Crippen molar-refractivity contribution in [3.05, 3.63) is 22.4 Å². The van der Waals surface area contributed by atoms with Gasteiger partial charge < -0.3 is 4.90 Å². The Labute approximate surface area is 109 Å². The molecule has 5 heteroatoms. The van der Waals surface area contributed by atoms with E-state index in [1.54, 1.807) is 4.90 Å². The molecule has 1 amide bonds. The van der Waals surface area contributed by atoms with Crippen LogP contribution in [0.2, 0.25) is 0 Å². The van der Waals surface area contributed by atoms with Gasteiger partial charge >= 0.3 is 0 Å². The van der Waals surface area contributed by atoms with Crippen LogP contribution in [-0.2, 0) is 4.79 Å².